The molecule has 18 heteroatoms. The van der Waals surface area contributed by atoms with Crippen molar-refractivity contribution in [3.8, 4) is 0 Å². The van der Waals surface area contributed by atoms with Crippen molar-refractivity contribution in [2.75, 3.05) is 32.8 Å². The van der Waals surface area contributed by atoms with Gasteiger partial charge in [0.15, 0.2) is 0 Å². The third-order valence-corrected chi connectivity index (χ3v) is 6.95. The first-order valence-corrected chi connectivity index (χ1v) is 13.1. The van der Waals surface area contributed by atoms with E-state index in [2.05, 4.69) is 20.0 Å². The van der Waals surface area contributed by atoms with Crippen LogP contribution in [-0.4, -0.2) is 114 Å². The summed E-state index contributed by atoms with van der Waals surface area (Å²) in [4.78, 5) is 43.0. The first-order chi connectivity index (χ1) is 17.3. The molecule has 4 aliphatic heterocycles. The molecule has 0 unspecified atom stereocenters. The van der Waals surface area contributed by atoms with E-state index in [4.69, 9.17) is 19.3 Å². The normalized spacial score (nSPS) is 28.6. The number of hydrogen-bond donors (Lipinski definition) is 4. The van der Waals surface area contributed by atoms with Gasteiger partial charge in [-0.15, -0.1) is 4.28 Å². The molecule has 4 atom stereocenters. The summed E-state index contributed by atoms with van der Waals surface area (Å²) in [5, 5.41) is 11.2. The highest BCUT2D eigenvalue weighted by molar-refractivity contribution is 7.80. The molecule has 4 N–H and O–H groups in total. The summed E-state index contributed by atoms with van der Waals surface area (Å²) in [5.74, 6) is -3.21. The molecule has 4 saturated heterocycles. The highest BCUT2D eigenvalue weighted by atomic mass is 32.3. The largest absolute Gasteiger partial charge is 0.490 e. The number of rotatable bonds is 7. The van der Waals surface area contributed by atoms with Gasteiger partial charge in [0.25, 0.3) is 5.91 Å². The minimum Gasteiger partial charge on any atom is -0.475 e. The molecule has 4 rings (SSSR count). The molecular formula is C19H30F3N5O9S. The smallest absolute Gasteiger partial charge is 0.475 e. The molecule has 0 aliphatic carbocycles. The lowest BCUT2D eigenvalue weighted by molar-refractivity contribution is -0.192. The third-order valence-electron chi connectivity index (χ3n) is 6.61. The number of nitrogens with one attached hydrogen (secondary N) is 2. The van der Waals surface area contributed by atoms with Crippen LogP contribution >= 0.6 is 0 Å². The summed E-state index contributed by atoms with van der Waals surface area (Å²) < 4.78 is 66.8. The maximum Gasteiger partial charge on any atom is 0.490 e. The summed E-state index contributed by atoms with van der Waals surface area (Å²) in [5.41, 5.74) is 2.43. The zero-order valence-corrected chi connectivity index (χ0v) is 20.5. The number of carbonyl (C=O) groups is 3. The first kappa shape index (κ1) is 29.3. The average molecular weight is 562 g/mol. The van der Waals surface area contributed by atoms with Gasteiger partial charge in [0.1, 0.15) is 6.04 Å². The Labute approximate surface area is 210 Å². The van der Waals surface area contributed by atoms with Crippen LogP contribution in [0.1, 0.15) is 38.5 Å². The summed E-state index contributed by atoms with van der Waals surface area (Å²) in [6.07, 6.45) is 0.396. The van der Waals surface area contributed by atoms with Crippen molar-refractivity contribution >= 4 is 28.3 Å². The number of hydroxylamine groups is 3. The molecule has 3 amide bonds. The number of hydrogen-bond acceptors (Lipinski definition) is 9. The van der Waals surface area contributed by atoms with Gasteiger partial charge in [-0.05, 0) is 45.2 Å². The number of urea groups is 1. The Morgan fingerprint density at radius 1 is 1.14 bits per heavy atom. The van der Waals surface area contributed by atoms with Crippen molar-refractivity contribution in [2.45, 2.75) is 68.9 Å². The maximum atomic E-state index is 12.5. The summed E-state index contributed by atoms with van der Waals surface area (Å²) in [6, 6.07) is -1.42. The fourth-order valence-corrected chi connectivity index (χ4v) is 5.26. The van der Waals surface area contributed by atoms with E-state index in [0.717, 1.165) is 26.1 Å². The summed E-state index contributed by atoms with van der Waals surface area (Å²) in [7, 11) is -4.81. The van der Waals surface area contributed by atoms with Crippen molar-refractivity contribution < 1.29 is 54.8 Å². The molecule has 37 heavy (non-hydrogen) atoms. The van der Waals surface area contributed by atoms with Gasteiger partial charge in [0.2, 0.25) is 0 Å². The number of halogens is 3. The molecule has 0 aromatic rings. The van der Waals surface area contributed by atoms with Crippen LogP contribution in [0.4, 0.5) is 18.0 Å². The molecule has 14 nitrogen and oxygen atoms in total. The number of fused-ring (bicyclic) bond motifs is 2. The highest BCUT2D eigenvalue weighted by Gasteiger charge is 2.49. The van der Waals surface area contributed by atoms with Crippen molar-refractivity contribution in [3.05, 3.63) is 0 Å². The van der Waals surface area contributed by atoms with Crippen molar-refractivity contribution in [1.82, 2.24) is 25.7 Å². The fraction of sp³-hybridized carbons (Fsp3) is 0.842. The molecule has 0 saturated carbocycles. The molecule has 4 heterocycles. The van der Waals surface area contributed by atoms with Crippen molar-refractivity contribution in [2.24, 2.45) is 0 Å². The predicted molar refractivity (Wildman–Crippen MR) is 117 cm³/mol. The topological polar surface area (TPSA) is 178 Å². The lowest BCUT2D eigenvalue weighted by atomic mass is 10.0. The zero-order valence-electron chi connectivity index (χ0n) is 19.7. The number of amides is 3. The van der Waals surface area contributed by atoms with Gasteiger partial charge >= 0.3 is 28.6 Å². The molecular weight excluding hydrogens is 531 g/mol. The Morgan fingerprint density at radius 3 is 2.38 bits per heavy atom. The number of nitrogens with zero attached hydrogens (tertiary/aromatic N) is 3. The summed E-state index contributed by atoms with van der Waals surface area (Å²) in [6.45, 7) is 3.67. The van der Waals surface area contributed by atoms with Gasteiger partial charge in [-0.25, -0.2) is 15.1 Å². The average Bonchev–Trinajstić information content (AvgIpc) is 3.38. The van der Waals surface area contributed by atoms with E-state index in [-0.39, 0.29) is 12.6 Å². The van der Waals surface area contributed by atoms with Gasteiger partial charge in [-0.2, -0.15) is 26.7 Å². The first-order valence-electron chi connectivity index (χ1n) is 11.7. The van der Waals surface area contributed by atoms with E-state index in [1.54, 1.807) is 0 Å². The molecule has 4 aliphatic rings. The SMILES string of the molecule is O=C(NOC[C@@H]1C[C@H](N2CCCCC2)CN1)[C@@H]1CC[C@@H]2CN1C(=O)N2OS(=O)(=O)O.O=C(O)C(F)(F)F. The Morgan fingerprint density at radius 2 is 1.78 bits per heavy atom. The van der Waals surface area contributed by atoms with E-state index in [9.17, 15) is 31.2 Å². The van der Waals surface area contributed by atoms with E-state index in [1.807, 2.05) is 0 Å². The van der Waals surface area contributed by atoms with Crippen LogP contribution in [0.25, 0.3) is 0 Å². The minimum atomic E-state index is -5.08. The number of alkyl halides is 3. The molecule has 0 aromatic heterocycles. The van der Waals surface area contributed by atoms with Crippen LogP contribution < -0.4 is 10.8 Å². The number of carboxylic acid groups (broad SMARTS) is 1. The lowest BCUT2D eigenvalue weighted by Gasteiger charge is -2.31. The van der Waals surface area contributed by atoms with E-state index in [0.29, 0.717) is 30.6 Å². The van der Waals surface area contributed by atoms with Crippen LogP contribution in [0.5, 0.6) is 0 Å². The standard InChI is InChI=1S/C17H29N5O7S.C2HF3O2/c23-16(15-5-4-13-10-21(15)17(24)22(13)29-30(25,26)27)19-28-11-12-8-14(9-18-12)20-6-2-1-3-7-20;3-2(4,5)1(6)7/h12-15,18H,1-11H2,(H,19,23)(H,25,26,27);(H,6,7)/t12-,13+,14-,15-;/m0./s1. The predicted octanol–water partition coefficient (Wildman–Crippen LogP) is -0.113. The fourth-order valence-electron chi connectivity index (χ4n) is 4.87. The second-order valence-corrected chi connectivity index (χ2v) is 10.2. The molecule has 0 spiro atoms. The zero-order chi connectivity index (χ0) is 27.4. The Hall–Kier alpha value is -2.25. The lowest BCUT2D eigenvalue weighted by Crippen LogP contribution is -2.50. The van der Waals surface area contributed by atoms with E-state index < -0.39 is 46.6 Å². The van der Waals surface area contributed by atoms with Crippen LogP contribution in [0.2, 0.25) is 0 Å². The Kier molecular flexibility index (Phi) is 9.57. The maximum absolute atomic E-state index is 12.5. The summed E-state index contributed by atoms with van der Waals surface area (Å²) >= 11 is 0. The number of carboxylic acids is 1. The van der Waals surface area contributed by atoms with Crippen LogP contribution in [-0.2, 0) is 29.1 Å². The highest BCUT2D eigenvalue weighted by Crippen LogP contribution is 2.30. The van der Waals surface area contributed by atoms with E-state index in [1.165, 1.54) is 24.2 Å². The second kappa shape index (κ2) is 12.1. The number of carbonyl (C=O) groups excluding carboxylic acids is 2. The quantitative estimate of drug-likeness (QED) is 0.241. The van der Waals surface area contributed by atoms with Crippen molar-refractivity contribution in [3.63, 3.8) is 0 Å². The molecule has 2 bridgehead atoms. The molecule has 212 valence electrons. The van der Waals surface area contributed by atoms with Gasteiger partial charge in [0.05, 0.1) is 12.6 Å². The molecule has 0 radical (unpaired) electrons. The van der Waals surface area contributed by atoms with Crippen molar-refractivity contribution in [1.29, 1.82) is 0 Å². The molecule has 0 aromatic carbocycles. The Balaban J connectivity index is 0.000000479. The van der Waals surface area contributed by atoms with Crippen LogP contribution in [0.15, 0.2) is 0 Å². The van der Waals surface area contributed by atoms with Gasteiger partial charge in [0, 0.05) is 25.2 Å². The minimum absolute atomic E-state index is 0.147. The monoisotopic (exact) mass is 561 g/mol. The number of piperidine rings is 2. The number of aliphatic carboxylic acids is 1. The van der Waals surface area contributed by atoms with Gasteiger partial charge in [-0.3, -0.25) is 19.1 Å². The van der Waals surface area contributed by atoms with E-state index >= 15 is 0 Å². The third kappa shape index (κ3) is 8.11. The Bertz CT molecular complexity index is 948. The molecule has 4 fully saturated rings. The van der Waals surface area contributed by atoms with Crippen LogP contribution in [0, 0.1) is 0 Å². The van der Waals surface area contributed by atoms with Gasteiger partial charge in [-0.1, -0.05) is 6.42 Å². The van der Waals surface area contributed by atoms with Gasteiger partial charge < -0.3 is 15.3 Å². The number of likely N-dealkylation sites (tertiary alicyclic amines) is 1. The van der Waals surface area contributed by atoms with Crippen LogP contribution in [0.3, 0.4) is 0 Å². The second-order valence-electron chi connectivity index (χ2n) is 9.18.